The molecule has 108 valence electrons. The van der Waals surface area contributed by atoms with Crippen LogP contribution in [0.25, 0.3) is 0 Å². The van der Waals surface area contributed by atoms with Gasteiger partial charge in [-0.15, -0.1) is 0 Å². The Labute approximate surface area is 115 Å². The van der Waals surface area contributed by atoms with E-state index in [1.54, 1.807) is 7.11 Å². The third kappa shape index (κ3) is 4.82. The predicted molar refractivity (Wildman–Crippen MR) is 76.5 cm³/mol. The molecule has 1 unspecified atom stereocenters. The SMILES string of the molecule is CCCOc1ccc(C(C)(CO)NCCOC)cc1. The second-order valence-electron chi connectivity index (χ2n) is 4.78. The molecular formula is C15H25NO3. The molecule has 0 spiro atoms. The van der Waals surface area contributed by atoms with Gasteiger partial charge in [0.25, 0.3) is 0 Å². The highest BCUT2D eigenvalue weighted by molar-refractivity contribution is 5.31. The highest BCUT2D eigenvalue weighted by Gasteiger charge is 2.24. The second kappa shape index (κ2) is 8.15. The number of aliphatic hydroxyl groups excluding tert-OH is 1. The minimum absolute atomic E-state index is 0.0336. The van der Waals surface area contributed by atoms with E-state index in [2.05, 4.69) is 12.2 Å². The van der Waals surface area contributed by atoms with Crippen molar-refractivity contribution in [1.82, 2.24) is 5.32 Å². The molecule has 0 aliphatic heterocycles. The molecule has 4 heteroatoms. The molecule has 0 aliphatic carbocycles. The number of benzene rings is 1. The van der Waals surface area contributed by atoms with Crippen molar-refractivity contribution in [3.05, 3.63) is 29.8 Å². The Balaban J connectivity index is 2.69. The molecule has 4 nitrogen and oxygen atoms in total. The summed E-state index contributed by atoms with van der Waals surface area (Å²) in [5, 5.41) is 12.9. The van der Waals surface area contributed by atoms with E-state index in [9.17, 15) is 5.11 Å². The van der Waals surface area contributed by atoms with Crippen LogP contribution in [0, 0.1) is 0 Å². The lowest BCUT2D eigenvalue weighted by atomic mass is 9.93. The molecule has 0 fully saturated rings. The van der Waals surface area contributed by atoms with Crippen LogP contribution in [0.1, 0.15) is 25.8 Å². The molecule has 1 aromatic rings. The minimum Gasteiger partial charge on any atom is -0.494 e. The Hall–Kier alpha value is -1.10. The van der Waals surface area contributed by atoms with Gasteiger partial charge < -0.3 is 19.9 Å². The molecule has 0 radical (unpaired) electrons. The van der Waals surface area contributed by atoms with Gasteiger partial charge in [0.2, 0.25) is 0 Å². The maximum atomic E-state index is 9.61. The van der Waals surface area contributed by atoms with Crippen molar-refractivity contribution in [2.75, 3.05) is 33.5 Å². The fourth-order valence-corrected chi connectivity index (χ4v) is 1.82. The van der Waals surface area contributed by atoms with Crippen molar-refractivity contribution in [1.29, 1.82) is 0 Å². The number of ether oxygens (including phenoxy) is 2. The van der Waals surface area contributed by atoms with Crippen molar-refractivity contribution in [2.45, 2.75) is 25.8 Å². The molecule has 0 saturated carbocycles. The van der Waals surface area contributed by atoms with E-state index in [-0.39, 0.29) is 6.61 Å². The molecule has 1 atom stereocenters. The summed E-state index contributed by atoms with van der Waals surface area (Å²) < 4.78 is 10.6. The van der Waals surface area contributed by atoms with Crippen LogP contribution in [0.4, 0.5) is 0 Å². The smallest absolute Gasteiger partial charge is 0.119 e. The van der Waals surface area contributed by atoms with Gasteiger partial charge in [0.15, 0.2) is 0 Å². The Morgan fingerprint density at radius 2 is 1.89 bits per heavy atom. The summed E-state index contributed by atoms with van der Waals surface area (Å²) in [6.45, 7) is 6.13. The fraction of sp³-hybridized carbons (Fsp3) is 0.600. The molecule has 0 bridgehead atoms. The Bertz CT molecular complexity index is 353. The van der Waals surface area contributed by atoms with Gasteiger partial charge in [0.1, 0.15) is 5.75 Å². The molecule has 0 heterocycles. The molecule has 0 aliphatic rings. The first-order valence-corrected chi connectivity index (χ1v) is 6.74. The van der Waals surface area contributed by atoms with Gasteiger partial charge in [-0.2, -0.15) is 0 Å². The summed E-state index contributed by atoms with van der Waals surface area (Å²) >= 11 is 0. The maximum absolute atomic E-state index is 9.61. The van der Waals surface area contributed by atoms with Gasteiger partial charge in [-0.1, -0.05) is 19.1 Å². The normalized spacial score (nSPS) is 14.1. The topological polar surface area (TPSA) is 50.7 Å². The first-order chi connectivity index (χ1) is 9.16. The van der Waals surface area contributed by atoms with Crippen LogP contribution < -0.4 is 10.1 Å². The molecule has 1 aromatic carbocycles. The van der Waals surface area contributed by atoms with E-state index >= 15 is 0 Å². The Morgan fingerprint density at radius 1 is 1.21 bits per heavy atom. The van der Waals surface area contributed by atoms with Crippen LogP contribution in [-0.2, 0) is 10.3 Å². The zero-order valence-electron chi connectivity index (χ0n) is 12.1. The van der Waals surface area contributed by atoms with E-state index in [4.69, 9.17) is 9.47 Å². The Morgan fingerprint density at radius 3 is 2.42 bits per heavy atom. The number of nitrogens with one attached hydrogen (secondary N) is 1. The molecule has 0 aromatic heterocycles. The first-order valence-electron chi connectivity index (χ1n) is 6.74. The van der Waals surface area contributed by atoms with E-state index in [1.807, 2.05) is 31.2 Å². The van der Waals surface area contributed by atoms with Crippen LogP contribution in [0.15, 0.2) is 24.3 Å². The van der Waals surface area contributed by atoms with Gasteiger partial charge in [0.05, 0.1) is 25.4 Å². The van der Waals surface area contributed by atoms with Crippen LogP contribution >= 0.6 is 0 Å². The summed E-state index contributed by atoms with van der Waals surface area (Å²) in [6, 6.07) is 7.86. The third-order valence-electron chi connectivity index (χ3n) is 3.10. The monoisotopic (exact) mass is 267 g/mol. The molecule has 1 rings (SSSR count). The zero-order chi connectivity index (χ0) is 14.1. The largest absolute Gasteiger partial charge is 0.494 e. The second-order valence-corrected chi connectivity index (χ2v) is 4.78. The fourth-order valence-electron chi connectivity index (χ4n) is 1.82. The highest BCUT2D eigenvalue weighted by Crippen LogP contribution is 2.23. The predicted octanol–water partition coefficient (Wildman–Crippen LogP) is 1.92. The standard InChI is InChI=1S/C15H25NO3/c1-4-10-19-14-7-5-13(6-8-14)15(2,12-17)16-9-11-18-3/h5-8,16-17H,4,9-12H2,1-3H3. The van der Waals surface area contributed by atoms with Crippen molar-refractivity contribution in [3.8, 4) is 5.75 Å². The van der Waals surface area contributed by atoms with Gasteiger partial charge in [-0.3, -0.25) is 0 Å². The van der Waals surface area contributed by atoms with E-state index in [0.29, 0.717) is 13.2 Å². The average Bonchev–Trinajstić information content (AvgIpc) is 2.45. The van der Waals surface area contributed by atoms with E-state index < -0.39 is 5.54 Å². The maximum Gasteiger partial charge on any atom is 0.119 e. The van der Waals surface area contributed by atoms with Gasteiger partial charge in [-0.05, 0) is 31.0 Å². The van der Waals surface area contributed by atoms with E-state index in [0.717, 1.165) is 24.3 Å². The van der Waals surface area contributed by atoms with Crippen LogP contribution in [-0.4, -0.2) is 38.6 Å². The van der Waals surface area contributed by atoms with Crippen molar-refractivity contribution < 1.29 is 14.6 Å². The molecular weight excluding hydrogens is 242 g/mol. The number of hydrogen-bond donors (Lipinski definition) is 2. The van der Waals surface area contributed by atoms with E-state index in [1.165, 1.54) is 0 Å². The summed E-state index contributed by atoms with van der Waals surface area (Å²) in [6.07, 6.45) is 0.995. The van der Waals surface area contributed by atoms with Gasteiger partial charge in [0, 0.05) is 13.7 Å². The summed E-state index contributed by atoms with van der Waals surface area (Å²) in [5.41, 5.74) is 0.580. The number of rotatable bonds is 9. The number of hydrogen-bond acceptors (Lipinski definition) is 4. The molecule has 2 N–H and O–H groups in total. The summed E-state index contributed by atoms with van der Waals surface area (Å²) in [4.78, 5) is 0. The van der Waals surface area contributed by atoms with Gasteiger partial charge in [-0.25, -0.2) is 0 Å². The van der Waals surface area contributed by atoms with Crippen molar-refractivity contribution >= 4 is 0 Å². The lowest BCUT2D eigenvalue weighted by Gasteiger charge is -2.29. The lowest BCUT2D eigenvalue weighted by Crippen LogP contribution is -2.44. The number of methoxy groups -OCH3 is 1. The van der Waals surface area contributed by atoms with Gasteiger partial charge >= 0.3 is 0 Å². The Kier molecular flexibility index (Phi) is 6.84. The zero-order valence-corrected chi connectivity index (χ0v) is 12.1. The van der Waals surface area contributed by atoms with Crippen molar-refractivity contribution in [2.24, 2.45) is 0 Å². The summed E-state index contributed by atoms with van der Waals surface area (Å²) in [5.74, 6) is 0.864. The highest BCUT2D eigenvalue weighted by atomic mass is 16.5. The van der Waals surface area contributed by atoms with Crippen LogP contribution in [0.2, 0.25) is 0 Å². The summed E-state index contributed by atoms with van der Waals surface area (Å²) in [7, 11) is 1.66. The molecule has 19 heavy (non-hydrogen) atoms. The molecule has 0 saturated heterocycles. The lowest BCUT2D eigenvalue weighted by molar-refractivity contribution is 0.148. The quantitative estimate of drug-likeness (QED) is 0.671. The van der Waals surface area contributed by atoms with Crippen LogP contribution in [0.3, 0.4) is 0 Å². The minimum atomic E-state index is -0.457. The average molecular weight is 267 g/mol. The number of aliphatic hydroxyl groups is 1. The molecule has 0 amide bonds. The van der Waals surface area contributed by atoms with Crippen molar-refractivity contribution in [3.63, 3.8) is 0 Å². The first kappa shape index (κ1) is 16.0. The third-order valence-corrected chi connectivity index (χ3v) is 3.10. The van der Waals surface area contributed by atoms with Crippen LogP contribution in [0.5, 0.6) is 5.75 Å².